The Morgan fingerprint density at radius 1 is 1.26 bits per heavy atom. The maximum Gasteiger partial charge on any atom is 0.469 e. The minimum atomic E-state index is -4.79. The van der Waals surface area contributed by atoms with Gasteiger partial charge in [-0.3, -0.25) is 14.0 Å². The van der Waals surface area contributed by atoms with Gasteiger partial charge in [-0.25, -0.2) is 22.5 Å². The standard InChI is InChI=1S/C25H29ClN7O7PS/c1-15-12-33-23(28-24(15)31-13-16(11-27)22(14-31)40-41(35,36)37)10-20(29-33)21-5-3-4-8-32(21)25(34)18-9-17(26)6-7-19(18)30-42(2,38)39/h6-7,9-10,12,16,21-22,30H,3-5,8,13-14H2,1-2H3,(H2,35,36,37)/t16-,21-,22-/m0/s1. The molecule has 1 aromatic carbocycles. The Labute approximate surface area is 247 Å². The molecule has 3 N–H and O–H groups in total. The van der Waals surface area contributed by atoms with Crippen LogP contribution < -0.4 is 9.62 Å². The summed E-state index contributed by atoms with van der Waals surface area (Å²) in [6, 6.07) is 7.82. The molecule has 0 aliphatic carbocycles. The topological polar surface area (TPSA) is 190 Å². The zero-order valence-corrected chi connectivity index (χ0v) is 25.2. The van der Waals surface area contributed by atoms with Gasteiger partial charge in [-0.15, -0.1) is 0 Å². The van der Waals surface area contributed by atoms with Gasteiger partial charge in [-0.05, 0) is 44.4 Å². The van der Waals surface area contributed by atoms with E-state index in [0.29, 0.717) is 35.1 Å². The van der Waals surface area contributed by atoms with Crippen LogP contribution in [0.3, 0.4) is 0 Å². The fraction of sp³-hybridized carbons (Fsp3) is 0.440. The van der Waals surface area contributed by atoms with E-state index >= 15 is 0 Å². The van der Waals surface area contributed by atoms with E-state index in [-0.39, 0.29) is 30.2 Å². The second-order valence-corrected chi connectivity index (χ2v) is 13.8. The number of nitriles is 1. The summed E-state index contributed by atoms with van der Waals surface area (Å²) in [7, 11) is -8.43. The van der Waals surface area contributed by atoms with E-state index in [0.717, 1.165) is 24.7 Å². The fourth-order valence-electron chi connectivity index (χ4n) is 5.48. The smallest absolute Gasteiger partial charge is 0.352 e. The molecule has 0 radical (unpaired) electrons. The zero-order chi connectivity index (χ0) is 30.4. The number of carbonyl (C=O) groups excluding carboxylic acids is 1. The molecule has 3 aromatic rings. The molecule has 0 bridgehead atoms. The van der Waals surface area contributed by atoms with Crippen molar-refractivity contribution in [2.24, 2.45) is 5.92 Å². The van der Waals surface area contributed by atoms with Crippen LogP contribution in [-0.4, -0.2) is 75.6 Å². The van der Waals surface area contributed by atoms with Crippen molar-refractivity contribution in [3.63, 3.8) is 0 Å². The van der Waals surface area contributed by atoms with Gasteiger partial charge >= 0.3 is 7.82 Å². The summed E-state index contributed by atoms with van der Waals surface area (Å²) in [6.07, 6.45) is 4.04. The molecule has 1 amide bonds. The third-order valence-corrected chi connectivity index (χ3v) is 8.61. The molecule has 224 valence electrons. The Morgan fingerprint density at radius 3 is 2.71 bits per heavy atom. The van der Waals surface area contributed by atoms with Gasteiger partial charge in [-0.2, -0.15) is 10.4 Å². The summed E-state index contributed by atoms with van der Waals surface area (Å²) >= 11 is 6.18. The van der Waals surface area contributed by atoms with E-state index in [4.69, 9.17) is 26.2 Å². The quantitative estimate of drug-likeness (QED) is 0.323. The van der Waals surface area contributed by atoms with Crippen LogP contribution in [0, 0.1) is 24.2 Å². The first kappa shape index (κ1) is 30.2. The van der Waals surface area contributed by atoms with Crippen LogP contribution in [0.25, 0.3) is 5.65 Å². The van der Waals surface area contributed by atoms with E-state index in [1.54, 1.807) is 26.6 Å². The van der Waals surface area contributed by atoms with E-state index in [9.17, 15) is 32.8 Å². The zero-order valence-electron chi connectivity index (χ0n) is 22.7. The molecule has 0 unspecified atom stereocenters. The van der Waals surface area contributed by atoms with Gasteiger partial charge in [-0.1, -0.05) is 11.6 Å². The predicted molar refractivity (Wildman–Crippen MR) is 154 cm³/mol. The third kappa shape index (κ3) is 6.54. The number of rotatable bonds is 7. The summed E-state index contributed by atoms with van der Waals surface area (Å²) in [6.45, 7) is 2.50. The lowest BCUT2D eigenvalue weighted by Gasteiger charge is -2.35. The van der Waals surface area contributed by atoms with Gasteiger partial charge < -0.3 is 19.6 Å². The van der Waals surface area contributed by atoms with Crippen LogP contribution in [0.15, 0.2) is 30.5 Å². The number of fused-ring (bicyclic) bond motifs is 1. The number of phosphoric ester groups is 1. The number of aryl methyl sites for hydroxylation is 1. The molecule has 0 saturated carbocycles. The molecule has 2 saturated heterocycles. The predicted octanol–water partition coefficient (Wildman–Crippen LogP) is 2.87. The maximum absolute atomic E-state index is 13.8. The van der Waals surface area contributed by atoms with Crippen LogP contribution in [-0.2, 0) is 19.1 Å². The minimum absolute atomic E-state index is 0.0722. The SMILES string of the molecule is Cc1cn2nc([C@@H]3CCCCN3C(=O)c3cc(Cl)ccc3NS(C)(=O)=O)cc2nc1N1C[C@H](OP(=O)(O)O)[C@@H](C#N)C1. The molecule has 2 aliphatic heterocycles. The van der Waals surface area contributed by atoms with Crippen LogP contribution in [0.2, 0.25) is 5.02 Å². The Hall–Kier alpha value is -3.25. The van der Waals surface area contributed by atoms with Crippen molar-refractivity contribution < 1.29 is 32.1 Å². The lowest BCUT2D eigenvalue weighted by Crippen LogP contribution is -2.39. The molecule has 2 aliphatic rings. The number of sulfonamides is 1. The number of aromatic nitrogens is 3. The van der Waals surface area contributed by atoms with Crippen LogP contribution in [0.1, 0.15) is 46.9 Å². The highest BCUT2D eigenvalue weighted by molar-refractivity contribution is 7.92. The number of carbonyl (C=O) groups is 1. The first-order chi connectivity index (χ1) is 19.7. The van der Waals surface area contributed by atoms with Gasteiger partial charge in [0.1, 0.15) is 11.9 Å². The lowest BCUT2D eigenvalue weighted by molar-refractivity contribution is 0.0606. The van der Waals surface area contributed by atoms with Gasteiger partial charge in [0.05, 0.1) is 41.2 Å². The average molecular weight is 638 g/mol. The molecule has 42 heavy (non-hydrogen) atoms. The highest BCUT2D eigenvalue weighted by atomic mass is 35.5. The van der Waals surface area contributed by atoms with Gasteiger partial charge in [0, 0.05) is 42.5 Å². The van der Waals surface area contributed by atoms with Crippen LogP contribution >= 0.6 is 19.4 Å². The number of halogens is 1. The number of nitrogens with zero attached hydrogens (tertiary/aromatic N) is 6. The molecule has 0 spiro atoms. The van der Waals surface area contributed by atoms with Crippen LogP contribution in [0.4, 0.5) is 11.5 Å². The summed E-state index contributed by atoms with van der Waals surface area (Å²) in [4.78, 5) is 40.5. The Bertz CT molecular complexity index is 1740. The Morgan fingerprint density at radius 2 is 2.02 bits per heavy atom. The second-order valence-electron chi connectivity index (χ2n) is 10.5. The number of anilines is 2. The molecular weight excluding hydrogens is 609 g/mol. The van der Waals surface area contributed by atoms with Gasteiger partial charge in [0.2, 0.25) is 10.0 Å². The number of amides is 1. The maximum atomic E-state index is 13.8. The Balaban J connectivity index is 1.45. The van der Waals surface area contributed by atoms with Gasteiger partial charge in [0.25, 0.3) is 5.91 Å². The van der Waals surface area contributed by atoms with Crippen molar-refractivity contribution in [1.82, 2.24) is 19.5 Å². The lowest BCUT2D eigenvalue weighted by atomic mass is 9.98. The number of benzene rings is 1. The molecule has 5 rings (SSSR count). The number of phosphoric acid groups is 1. The first-order valence-electron chi connectivity index (χ1n) is 13.1. The monoisotopic (exact) mass is 637 g/mol. The summed E-state index contributed by atoms with van der Waals surface area (Å²) in [5.74, 6) is -0.616. The number of likely N-dealkylation sites (tertiary alicyclic amines) is 1. The highest BCUT2D eigenvalue weighted by Crippen LogP contribution is 2.42. The van der Waals surface area contributed by atoms with E-state index in [1.165, 1.54) is 18.2 Å². The van der Waals surface area contributed by atoms with Crippen molar-refractivity contribution in [3.8, 4) is 6.07 Å². The van der Waals surface area contributed by atoms with Crippen molar-refractivity contribution in [1.29, 1.82) is 5.26 Å². The Kier molecular flexibility index (Phi) is 8.23. The normalized spacial score (nSPS) is 21.5. The number of hydrogen-bond acceptors (Lipinski definition) is 9. The second kappa shape index (κ2) is 11.4. The van der Waals surface area contributed by atoms with E-state index in [2.05, 4.69) is 4.72 Å². The van der Waals surface area contributed by atoms with Crippen molar-refractivity contribution in [2.45, 2.75) is 38.3 Å². The summed E-state index contributed by atoms with van der Waals surface area (Å²) < 4.78 is 44.1. The minimum Gasteiger partial charge on any atom is -0.352 e. The fourth-order valence-corrected chi connectivity index (χ4v) is 6.79. The molecular formula is C25H29ClN7O7PS. The number of hydrogen-bond donors (Lipinski definition) is 3. The number of piperidine rings is 1. The van der Waals surface area contributed by atoms with Crippen molar-refractivity contribution in [3.05, 3.63) is 52.3 Å². The molecule has 14 nitrogen and oxygen atoms in total. The third-order valence-electron chi connectivity index (χ3n) is 7.24. The summed E-state index contributed by atoms with van der Waals surface area (Å²) in [5.41, 5.74) is 2.07. The molecule has 4 heterocycles. The first-order valence-corrected chi connectivity index (χ1v) is 16.9. The van der Waals surface area contributed by atoms with Crippen LogP contribution in [0.5, 0.6) is 0 Å². The molecule has 3 atom stereocenters. The average Bonchev–Trinajstić information content (AvgIpc) is 3.50. The molecule has 17 heteroatoms. The van der Waals surface area contributed by atoms with E-state index < -0.39 is 35.9 Å². The molecule has 2 aromatic heterocycles. The highest BCUT2D eigenvalue weighted by Gasteiger charge is 2.39. The summed E-state index contributed by atoms with van der Waals surface area (Å²) in [5, 5.41) is 14.5. The van der Waals surface area contributed by atoms with Crippen molar-refractivity contribution in [2.75, 3.05) is 35.5 Å². The van der Waals surface area contributed by atoms with Gasteiger partial charge in [0.15, 0.2) is 5.65 Å². The largest absolute Gasteiger partial charge is 0.469 e. The van der Waals surface area contributed by atoms with E-state index in [1.807, 2.05) is 13.0 Å². The molecule has 2 fully saturated rings. The number of nitrogens with one attached hydrogen (secondary N) is 1. The van der Waals surface area contributed by atoms with Crippen molar-refractivity contribution >= 4 is 52.5 Å².